The van der Waals surface area contributed by atoms with Crippen LogP contribution in [0, 0.1) is 0 Å². The number of ether oxygens (including phenoxy) is 4. The Balaban J connectivity index is 3.46. The van der Waals surface area contributed by atoms with E-state index in [9.17, 15) is 19.2 Å². The Kier molecular flexibility index (Phi) is 14.0. The van der Waals surface area contributed by atoms with Crippen LogP contribution < -0.4 is 21.3 Å². The minimum Gasteiger partial charge on any atom is -0.426 e. The first-order valence-corrected chi connectivity index (χ1v) is 8.85. The lowest BCUT2D eigenvalue weighted by Crippen LogP contribution is -2.38. The van der Waals surface area contributed by atoms with Gasteiger partial charge >= 0.3 is 24.1 Å². The second kappa shape index (κ2) is 15.5. The SMILES string of the molecule is CC(=O)OC(C)OC(=O)NCCNCCNCCNC(=O)OC(C)OC(C)=O. The fourth-order valence-electron chi connectivity index (χ4n) is 1.83. The summed E-state index contributed by atoms with van der Waals surface area (Å²) in [6, 6.07) is 0. The zero-order chi connectivity index (χ0) is 21.4. The summed E-state index contributed by atoms with van der Waals surface area (Å²) in [6.07, 6.45) is -3.22. The van der Waals surface area contributed by atoms with Gasteiger partial charge in [-0.15, -0.1) is 0 Å². The van der Waals surface area contributed by atoms with Crippen molar-refractivity contribution in [2.45, 2.75) is 40.3 Å². The third-order valence-electron chi connectivity index (χ3n) is 2.83. The van der Waals surface area contributed by atoms with Crippen molar-refractivity contribution in [2.24, 2.45) is 0 Å². The molecule has 162 valence electrons. The van der Waals surface area contributed by atoms with Crippen molar-refractivity contribution in [1.82, 2.24) is 21.3 Å². The van der Waals surface area contributed by atoms with Crippen molar-refractivity contribution >= 4 is 24.1 Å². The quantitative estimate of drug-likeness (QED) is 0.178. The molecule has 0 spiro atoms. The summed E-state index contributed by atoms with van der Waals surface area (Å²) < 4.78 is 18.9. The van der Waals surface area contributed by atoms with E-state index in [1.54, 1.807) is 0 Å². The highest BCUT2D eigenvalue weighted by atomic mass is 16.7. The zero-order valence-electron chi connectivity index (χ0n) is 16.7. The van der Waals surface area contributed by atoms with Crippen LogP contribution in [0.15, 0.2) is 0 Å². The third kappa shape index (κ3) is 16.8. The lowest BCUT2D eigenvalue weighted by atomic mass is 10.5. The van der Waals surface area contributed by atoms with E-state index in [2.05, 4.69) is 30.7 Å². The van der Waals surface area contributed by atoms with Crippen LogP contribution in [-0.2, 0) is 28.5 Å². The van der Waals surface area contributed by atoms with Gasteiger partial charge in [0.05, 0.1) is 0 Å². The van der Waals surface area contributed by atoms with Gasteiger partial charge in [0.15, 0.2) is 0 Å². The molecular weight excluding hydrogens is 376 g/mol. The van der Waals surface area contributed by atoms with Crippen molar-refractivity contribution in [3.05, 3.63) is 0 Å². The molecular formula is C16H30N4O8. The molecule has 12 heteroatoms. The highest BCUT2D eigenvalue weighted by Gasteiger charge is 2.11. The summed E-state index contributed by atoms with van der Waals surface area (Å²) >= 11 is 0. The average molecular weight is 406 g/mol. The Labute approximate surface area is 164 Å². The minimum atomic E-state index is -0.939. The van der Waals surface area contributed by atoms with Crippen LogP contribution in [0.25, 0.3) is 0 Å². The van der Waals surface area contributed by atoms with Crippen LogP contribution in [0.1, 0.15) is 27.7 Å². The van der Waals surface area contributed by atoms with Gasteiger partial charge in [0.25, 0.3) is 0 Å². The number of rotatable bonds is 13. The second-order valence-electron chi connectivity index (χ2n) is 5.52. The van der Waals surface area contributed by atoms with Crippen LogP contribution in [0.4, 0.5) is 9.59 Å². The molecule has 0 aromatic carbocycles. The van der Waals surface area contributed by atoms with Gasteiger partial charge in [0.2, 0.25) is 12.6 Å². The fraction of sp³-hybridized carbons (Fsp3) is 0.750. The lowest BCUT2D eigenvalue weighted by Gasteiger charge is -2.14. The van der Waals surface area contributed by atoms with Gasteiger partial charge in [0, 0.05) is 67.0 Å². The van der Waals surface area contributed by atoms with E-state index >= 15 is 0 Å². The van der Waals surface area contributed by atoms with Crippen LogP contribution in [0.3, 0.4) is 0 Å². The first-order valence-electron chi connectivity index (χ1n) is 8.85. The van der Waals surface area contributed by atoms with Crippen LogP contribution in [-0.4, -0.2) is 76.0 Å². The predicted molar refractivity (Wildman–Crippen MR) is 97.2 cm³/mol. The molecule has 0 aromatic heterocycles. The fourth-order valence-corrected chi connectivity index (χ4v) is 1.83. The van der Waals surface area contributed by atoms with Gasteiger partial charge in [-0.2, -0.15) is 0 Å². The number of carbonyl (C=O) groups is 4. The first-order chi connectivity index (χ1) is 13.2. The van der Waals surface area contributed by atoms with Gasteiger partial charge in [0.1, 0.15) is 0 Å². The van der Waals surface area contributed by atoms with E-state index in [4.69, 9.17) is 9.47 Å². The van der Waals surface area contributed by atoms with Crippen molar-refractivity contribution in [2.75, 3.05) is 39.3 Å². The summed E-state index contributed by atoms with van der Waals surface area (Å²) in [6.45, 7) is 8.38. The monoisotopic (exact) mass is 406 g/mol. The molecule has 2 unspecified atom stereocenters. The zero-order valence-corrected chi connectivity index (χ0v) is 16.7. The molecule has 0 saturated heterocycles. The smallest absolute Gasteiger partial charge is 0.410 e. The van der Waals surface area contributed by atoms with E-state index in [1.165, 1.54) is 27.7 Å². The molecule has 12 nitrogen and oxygen atoms in total. The Morgan fingerprint density at radius 2 is 0.929 bits per heavy atom. The Morgan fingerprint density at radius 3 is 1.25 bits per heavy atom. The molecule has 0 aliphatic heterocycles. The summed E-state index contributed by atoms with van der Waals surface area (Å²) in [5.74, 6) is -1.06. The predicted octanol–water partition coefficient (Wildman–Crippen LogP) is -0.564. The molecule has 0 fully saturated rings. The van der Waals surface area contributed by atoms with Gasteiger partial charge in [-0.1, -0.05) is 0 Å². The number of carbonyl (C=O) groups excluding carboxylic acids is 4. The largest absolute Gasteiger partial charge is 0.426 e. The maximum atomic E-state index is 11.4. The number of nitrogens with one attached hydrogen (secondary N) is 4. The molecule has 0 rings (SSSR count). The van der Waals surface area contributed by atoms with E-state index in [0.717, 1.165) is 0 Å². The summed E-state index contributed by atoms with van der Waals surface area (Å²) in [5, 5.41) is 11.2. The number of hydrogen-bond donors (Lipinski definition) is 4. The molecule has 0 aromatic rings. The molecule has 2 amide bonds. The third-order valence-corrected chi connectivity index (χ3v) is 2.83. The van der Waals surface area contributed by atoms with Crippen LogP contribution >= 0.6 is 0 Å². The molecule has 0 heterocycles. The van der Waals surface area contributed by atoms with Gasteiger partial charge < -0.3 is 40.2 Å². The second-order valence-corrected chi connectivity index (χ2v) is 5.52. The summed E-state index contributed by atoms with van der Waals surface area (Å²) in [5.41, 5.74) is 0. The van der Waals surface area contributed by atoms with Gasteiger partial charge in [-0.05, 0) is 0 Å². The Hall–Kier alpha value is -2.60. The van der Waals surface area contributed by atoms with Crippen molar-refractivity contribution in [1.29, 1.82) is 0 Å². The molecule has 0 aliphatic carbocycles. The minimum absolute atomic E-state index is 0.347. The molecule has 0 saturated carbocycles. The molecule has 0 bridgehead atoms. The van der Waals surface area contributed by atoms with E-state index in [-0.39, 0.29) is 0 Å². The molecule has 4 N–H and O–H groups in total. The number of alkyl carbamates (subject to hydrolysis) is 2. The summed E-state index contributed by atoms with van der Waals surface area (Å²) in [4.78, 5) is 44.1. The van der Waals surface area contributed by atoms with E-state index < -0.39 is 36.7 Å². The van der Waals surface area contributed by atoms with Crippen LogP contribution in [0.5, 0.6) is 0 Å². The normalized spacial score (nSPS) is 12.3. The molecule has 0 aliphatic rings. The average Bonchev–Trinajstić information content (AvgIpc) is 2.54. The van der Waals surface area contributed by atoms with Crippen molar-refractivity contribution in [3.8, 4) is 0 Å². The first kappa shape index (κ1) is 25.4. The Bertz CT molecular complexity index is 459. The maximum Gasteiger partial charge on any atom is 0.410 e. The number of amides is 2. The highest BCUT2D eigenvalue weighted by Crippen LogP contribution is 1.94. The molecule has 2 atom stereocenters. The topological polar surface area (TPSA) is 153 Å². The molecule has 28 heavy (non-hydrogen) atoms. The highest BCUT2D eigenvalue weighted by molar-refractivity contribution is 5.69. The standard InChI is InChI=1S/C16H30N4O8/c1-11(21)25-13(3)27-15(23)19-9-7-17-5-6-18-8-10-20-16(24)28-14(4)26-12(2)22/h13-14,17-18H,5-10H2,1-4H3,(H,19,23)(H,20,24). The van der Waals surface area contributed by atoms with Crippen molar-refractivity contribution in [3.63, 3.8) is 0 Å². The molecule has 0 radical (unpaired) electrons. The lowest BCUT2D eigenvalue weighted by molar-refractivity contribution is -0.163. The maximum absolute atomic E-state index is 11.4. The van der Waals surface area contributed by atoms with E-state index in [1.807, 2.05) is 0 Å². The number of hydrogen-bond acceptors (Lipinski definition) is 10. The van der Waals surface area contributed by atoms with Gasteiger partial charge in [-0.3, -0.25) is 9.59 Å². The number of esters is 2. The van der Waals surface area contributed by atoms with Crippen LogP contribution in [0.2, 0.25) is 0 Å². The van der Waals surface area contributed by atoms with E-state index in [0.29, 0.717) is 39.3 Å². The van der Waals surface area contributed by atoms with Crippen molar-refractivity contribution < 1.29 is 38.1 Å². The van der Waals surface area contributed by atoms with Gasteiger partial charge in [-0.25, -0.2) is 9.59 Å². The Morgan fingerprint density at radius 1 is 0.607 bits per heavy atom. The summed E-state index contributed by atoms with van der Waals surface area (Å²) in [7, 11) is 0.